The zero-order chi connectivity index (χ0) is 14.4. The zero-order valence-corrected chi connectivity index (χ0v) is 11.7. The molecule has 0 bridgehead atoms. The Kier molecular flexibility index (Phi) is 4.85. The maximum atomic E-state index is 7.41. The van der Waals surface area contributed by atoms with Gasteiger partial charge in [0.05, 0.1) is 0 Å². The average Bonchev–Trinajstić information content (AvgIpc) is 2.46. The molecule has 2 aromatic rings. The summed E-state index contributed by atoms with van der Waals surface area (Å²) in [6.45, 7) is 1.82. The van der Waals surface area contributed by atoms with Crippen molar-refractivity contribution in [2.24, 2.45) is 5.73 Å². The second-order valence-corrected chi connectivity index (χ2v) is 4.94. The van der Waals surface area contributed by atoms with Crippen LogP contribution in [-0.2, 0) is 13.0 Å². The first-order chi connectivity index (χ1) is 9.65. The van der Waals surface area contributed by atoms with Gasteiger partial charge in [-0.15, -0.1) is 0 Å². The predicted octanol–water partition coefficient (Wildman–Crippen LogP) is 2.04. The smallest absolute Gasteiger partial charge is 0.141 e. The molecular formula is C16H20N4. The second kappa shape index (κ2) is 6.82. The molecule has 0 atom stereocenters. The first-order valence-corrected chi connectivity index (χ1v) is 6.67. The lowest BCUT2D eigenvalue weighted by atomic mass is 10.1. The molecule has 104 valence electrons. The average molecular weight is 268 g/mol. The van der Waals surface area contributed by atoms with Crippen LogP contribution in [-0.4, -0.2) is 29.3 Å². The van der Waals surface area contributed by atoms with Crippen molar-refractivity contribution in [3.63, 3.8) is 0 Å². The van der Waals surface area contributed by atoms with E-state index >= 15 is 0 Å². The molecule has 0 saturated carbocycles. The summed E-state index contributed by atoms with van der Waals surface area (Å²) < 4.78 is 0. The van der Waals surface area contributed by atoms with Crippen LogP contribution in [0.3, 0.4) is 0 Å². The standard InChI is InChI=1S/C16H20N4/c1-20(10-8-13-5-3-2-4-6-13)12-14-7-9-19-15(11-14)16(17)18/h2-7,9,11H,8,10,12H2,1H3,(H3,17,18). The van der Waals surface area contributed by atoms with E-state index in [1.807, 2.05) is 18.2 Å². The van der Waals surface area contributed by atoms with Crippen molar-refractivity contribution in [1.29, 1.82) is 5.41 Å². The van der Waals surface area contributed by atoms with Crippen LogP contribution in [0.25, 0.3) is 0 Å². The zero-order valence-electron chi connectivity index (χ0n) is 11.7. The minimum absolute atomic E-state index is 0.0128. The quantitative estimate of drug-likeness (QED) is 0.622. The lowest BCUT2D eigenvalue weighted by Gasteiger charge is -2.17. The fourth-order valence-corrected chi connectivity index (χ4v) is 2.08. The lowest BCUT2D eigenvalue weighted by molar-refractivity contribution is 0.331. The van der Waals surface area contributed by atoms with Gasteiger partial charge in [0.25, 0.3) is 0 Å². The fourth-order valence-electron chi connectivity index (χ4n) is 2.08. The molecule has 4 nitrogen and oxygen atoms in total. The number of benzene rings is 1. The van der Waals surface area contributed by atoms with Gasteiger partial charge < -0.3 is 10.6 Å². The summed E-state index contributed by atoms with van der Waals surface area (Å²) in [5, 5.41) is 7.41. The number of nitrogens with two attached hydrogens (primary N) is 1. The number of likely N-dealkylation sites (N-methyl/N-ethyl adjacent to an activating group) is 1. The number of nitrogen functional groups attached to an aromatic ring is 1. The monoisotopic (exact) mass is 268 g/mol. The normalized spacial score (nSPS) is 10.7. The number of amidine groups is 1. The molecule has 1 aromatic heterocycles. The molecule has 0 aliphatic carbocycles. The Hall–Kier alpha value is -2.20. The number of pyridine rings is 1. The summed E-state index contributed by atoms with van der Waals surface area (Å²) in [6.07, 6.45) is 2.74. The highest BCUT2D eigenvalue weighted by atomic mass is 15.1. The third-order valence-corrected chi connectivity index (χ3v) is 3.18. The van der Waals surface area contributed by atoms with E-state index < -0.39 is 0 Å². The van der Waals surface area contributed by atoms with Crippen LogP contribution < -0.4 is 5.73 Å². The summed E-state index contributed by atoms with van der Waals surface area (Å²) in [7, 11) is 2.09. The Morgan fingerprint density at radius 1 is 1.20 bits per heavy atom. The maximum absolute atomic E-state index is 7.41. The lowest BCUT2D eigenvalue weighted by Crippen LogP contribution is -2.21. The van der Waals surface area contributed by atoms with E-state index in [0.29, 0.717) is 5.69 Å². The SMILES string of the molecule is CN(CCc1ccccc1)Cc1ccnc(C(=N)N)c1. The van der Waals surface area contributed by atoms with E-state index in [1.54, 1.807) is 6.20 Å². The summed E-state index contributed by atoms with van der Waals surface area (Å²) in [5.41, 5.74) is 8.47. The van der Waals surface area contributed by atoms with Crippen LogP contribution in [0.5, 0.6) is 0 Å². The van der Waals surface area contributed by atoms with Crippen LogP contribution in [0.2, 0.25) is 0 Å². The van der Waals surface area contributed by atoms with Gasteiger partial charge in [-0.25, -0.2) is 0 Å². The predicted molar refractivity (Wildman–Crippen MR) is 81.7 cm³/mol. The van der Waals surface area contributed by atoms with E-state index in [-0.39, 0.29) is 5.84 Å². The van der Waals surface area contributed by atoms with Crippen molar-refractivity contribution in [1.82, 2.24) is 9.88 Å². The van der Waals surface area contributed by atoms with Gasteiger partial charge in [-0.1, -0.05) is 30.3 Å². The third kappa shape index (κ3) is 4.17. The van der Waals surface area contributed by atoms with Gasteiger partial charge >= 0.3 is 0 Å². The summed E-state index contributed by atoms with van der Waals surface area (Å²) >= 11 is 0. The molecule has 0 spiro atoms. The van der Waals surface area contributed by atoms with Crippen molar-refractivity contribution < 1.29 is 0 Å². The van der Waals surface area contributed by atoms with Crippen LogP contribution in [0.4, 0.5) is 0 Å². The van der Waals surface area contributed by atoms with E-state index in [9.17, 15) is 0 Å². The molecule has 0 unspecified atom stereocenters. The highest BCUT2D eigenvalue weighted by molar-refractivity contribution is 5.93. The maximum Gasteiger partial charge on any atom is 0.141 e. The Labute approximate surface area is 119 Å². The summed E-state index contributed by atoms with van der Waals surface area (Å²) in [6, 6.07) is 14.3. The van der Waals surface area contributed by atoms with Gasteiger partial charge in [-0.3, -0.25) is 10.4 Å². The van der Waals surface area contributed by atoms with E-state index in [0.717, 1.165) is 25.1 Å². The molecule has 0 aliphatic rings. The number of aromatic nitrogens is 1. The Morgan fingerprint density at radius 3 is 2.65 bits per heavy atom. The van der Waals surface area contributed by atoms with Crippen molar-refractivity contribution in [2.45, 2.75) is 13.0 Å². The molecule has 3 N–H and O–H groups in total. The molecule has 0 amide bonds. The fraction of sp³-hybridized carbons (Fsp3) is 0.250. The number of nitrogens with zero attached hydrogens (tertiary/aromatic N) is 2. The highest BCUT2D eigenvalue weighted by Crippen LogP contribution is 2.06. The molecule has 1 heterocycles. The molecule has 0 radical (unpaired) electrons. The molecule has 2 rings (SSSR count). The van der Waals surface area contributed by atoms with Crippen LogP contribution in [0.1, 0.15) is 16.8 Å². The van der Waals surface area contributed by atoms with Crippen molar-refractivity contribution in [2.75, 3.05) is 13.6 Å². The number of rotatable bonds is 6. The van der Waals surface area contributed by atoms with Crippen LogP contribution in [0.15, 0.2) is 48.7 Å². The minimum Gasteiger partial charge on any atom is -0.382 e. The van der Waals surface area contributed by atoms with Crippen molar-refractivity contribution >= 4 is 5.84 Å². The van der Waals surface area contributed by atoms with Crippen molar-refractivity contribution in [3.8, 4) is 0 Å². The van der Waals surface area contributed by atoms with Gasteiger partial charge in [0, 0.05) is 19.3 Å². The van der Waals surface area contributed by atoms with Gasteiger partial charge in [0.15, 0.2) is 0 Å². The second-order valence-electron chi connectivity index (χ2n) is 4.94. The Balaban J connectivity index is 1.89. The first-order valence-electron chi connectivity index (χ1n) is 6.67. The van der Waals surface area contributed by atoms with Crippen molar-refractivity contribution in [3.05, 3.63) is 65.5 Å². The largest absolute Gasteiger partial charge is 0.382 e. The van der Waals surface area contributed by atoms with Gasteiger partial charge in [-0.05, 0) is 36.7 Å². The molecule has 1 aromatic carbocycles. The third-order valence-electron chi connectivity index (χ3n) is 3.18. The highest BCUT2D eigenvalue weighted by Gasteiger charge is 2.04. The van der Waals surface area contributed by atoms with Crippen LogP contribution in [0, 0.1) is 5.41 Å². The molecular weight excluding hydrogens is 248 g/mol. The first kappa shape index (κ1) is 14.2. The molecule has 0 fully saturated rings. The van der Waals surface area contributed by atoms with E-state index in [1.165, 1.54) is 5.56 Å². The minimum atomic E-state index is 0.0128. The molecule has 4 heteroatoms. The Bertz CT molecular complexity index is 566. The molecule has 0 aliphatic heterocycles. The number of nitrogens with one attached hydrogen (secondary N) is 1. The summed E-state index contributed by atoms with van der Waals surface area (Å²) in [4.78, 5) is 6.33. The number of hydrogen-bond donors (Lipinski definition) is 2. The van der Waals surface area contributed by atoms with E-state index in [4.69, 9.17) is 11.1 Å². The topological polar surface area (TPSA) is 66.0 Å². The molecule has 20 heavy (non-hydrogen) atoms. The van der Waals surface area contributed by atoms with Crippen LogP contribution >= 0.6 is 0 Å². The Morgan fingerprint density at radius 2 is 1.95 bits per heavy atom. The summed E-state index contributed by atoms with van der Waals surface area (Å²) in [5.74, 6) is 0.0128. The van der Waals surface area contributed by atoms with Gasteiger partial charge in [-0.2, -0.15) is 0 Å². The molecule has 0 saturated heterocycles. The van der Waals surface area contributed by atoms with Gasteiger partial charge in [0.2, 0.25) is 0 Å². The number of hydrogen-bond acceptors (Lipinski definition) is 3. The van der Waals surface area contributed by atoms with E-state index in [2.05, 4.69) is 41.2 Å². The van der Waals surface area contributed by atoms with Gasteiger partial charge in [0.1, 0.15) is 11.5 Å².